The first-order valence-electron chi connectivity index (χ1n) is 5.78. The van der Waals surface area contributed by atoms with E-state index in [1.54, 1.807) is 0 Å². The summed E-state index contributed by atoms with van der Waals surface area (Å²) in [4.78, 5) is 0. The predicted octanol–water partition coefficient (Wildman–Crippen LogP) is 3.69. The van der Waals surface area contributed by atoms with Crippen molar-refractivity contribution >= 4 is 0 Å². The highest BCUT2D eigenvalue weighted by atomic mass is 14.9. The molecule has 0 aliphatic carbocycles. The molecule has 0 saturated heterocycles. The van der Waals surface area contributed by atoms with Crippen molar-refractivity contribution in [2.45, 2.75) is 60.9 Å². The zero-order valence-corrected chi connectivity index (χ0v) is 11.4. The summed E-state index contributed by atoms with van der Waals surface area (Å²) in [6, 6.07) is 0.569. The summed E-state index contributed by atoms with van der Waals surface area (Å²) < 4.78 is 0. The van der Waals surface area contributed by atoms with E-state index in [9.17, 15) is 0 Å². The lowest BCUT2D eigenvalue weighted by atomic mass is 9.68. The minimum atomic E-state index is 0.363. The number of hydrogen-bond donors (Lipinski definition) is 1. The second-order valence-electron chi connectivity index (χ2n) is 6.50. The molecule has 0 heterocycles. The van der Waals surface area contributed by atoms with Crippen molar-refractivity contribution in [2.75, 3.05) is 7.05 Å². The van der Waals surface area contributed by atoms with E-state index in [2.05, 4.69) is 60.8 Å². The molecule has 0 fully saturated rings. The molecule has 1 heteroatoms. The van der Waals surface area contributed by atoms with Crippen molar-refractivity contribution < 1.29 is 0 Å². The molecule has 0 aliphatic rings. The quantitative estimate of drug-likeness (QED) is 0.728. The van der Waals surface area contributed by atoms with Crippen molar-refractivity contribution in [3.05, 3.63) is 0 Å². The average molecular weight is 199 g/mol. The van der Waals surface area contributed by atoms with E-state index in [-0.39, 0.29) is 0 Å². The van der Waals surface area contributed by atoms with Crippen molar-refractivity contribution in [2.24, 2.45) is 16.7 Å². The maximum Gasteiger partial charge on any atom is 0.00894 e. The predicted molar refractivity (Wildman–Crippen MR) is 65.5 cm³/mol. The average Bonchev–Trinajstić information content (AvgIpc) is 1.99. The molecule has 0 aromatic carbocycles. The highest BCUT2D eigenvalue weighted by molar-refractivity contribution is 4.86. The Morgan fingerprint density at radius 2 is 1.43 bits per heavy atom. The van der Waals surface area contributed by atoms with E-state index in [4.69, 9.17) is 0 Å². The van der Waals surface area contributed by atoms with Crippen LogP contribution in [-0.2, 0) is 0 Å². The zero-order valence-electron chi connectivity index (χ0n) is 11.4. The lowest BCUT2D eigenvalue weighted by Crippen LogP contribution is -2.42. The molecule has 2 atom stereocenters. The van der Waals surface area contributed by atoms with Crippen molar-refractivity contribution in [1.29, 1.82) is 0 Å². The van der Waals surface area contributed by atoms with Gasteiger partial charge in [-0.2, -0.15) is 0 Å². The third-order valence-corrected chi connectivity index (χ3v) is 3.74. The molecule has 0 bridgehead atoms. The van der Waals surface area contributed by atoms with E-state index in [0.717, 1.165) is 5.92 Å². The molecule has 0 aliphatic heterocycles. The Morgan fingerprint density at radius 1 is 1.00 bits per heavy atom. The van der Waals surface area contributed by atoms with Gasteiger partial charge in [0.05, 0.1) is 0 Å². The molecule has 0 amide bonds. The summed E-state index contributed by atoms with van der Waals surface area (Å²) in [6.45, 7) is 16.4. The van der Waals surface area contributed by atoms with E-state index < -0.39 is 0 Å². The molecule has 0 radical (unpaired) electrons. The van der Waals surface area contributed by atoms with Gasteiger partial charge in [-0.1, -0.05) is 41.5 Å². The number of nitrogens with one attached hydrogen (secondary N) is 1. The summed E-state index contributed by atoms with van der Waals surface area (Å²) in [6.07, 6.45) is 1.28. The van der Waals surface area contributed by atoms with Crippen LogP contribution in [0.2, 0.25) is 0 Å². The van der Waals surface area contributed by atoms with Gasteiger partial charge in [0, 0.05) is 6.04 Å². The lowest BCUT2D eigenvalue weighted by molar-refractivity contribution is 0.124. The van der Waals surface area contributed by atoms with Gasteiger partial charge in [0.1, 0.15) is 0 Å². The van der Waals surface area contributed by atoms with Crippen molar-refractivity contribution in [3.8, 4) is 0 Å². The van der Waals surface area contributed by atoms with E-state index >= 15 is 0 Å². The minimum Gasteiger partial charge on any atom is -0.317 e. The Bertz CT molecular complexity index is 165. The zero-order chi connectivity index (χ0) is 11.6. The maximum absolute atomic E-state index is 3.37. The third kappa shape index (κ3) is 4.00. The summed E-state index contributed by atoms with van der Waals surface area (Å²) >= 11 is 0. The van der Waals surface area contributed by atoms with Gasteiger partial charge in [-0.25, -0.2) is 0 Å². The molecule has 2 unspecified atom stereocenters. The van der Waals surface area contributed by atoms with Crippen LogP contribution in [0.5, 0.6) is 0 Å². The molecule has 1 nitrogen and oxygen atoms in total. The SMILES string of the molecule is CNC(C)C(C)(C)C(C)CC(C)(C)C. The van der Waals surface area contributed by atoms with Gasteiger partial charge in [-0.15, -0.1) is 0 Å². The first-order valence-corrected chi connectivity index (χ1v) is 5.78. The van der Waals surface area contributed by atoms with Gasteiger partial charge in [0.25, 0.3) is 0 Å². The van der Waals surface area contributed by atoms with Crippen LogP contribution in [0.15, 0.2) is 0 Å². The molecular formula is C13H29N. The van der Waals surface area contributed by atoms with Gasteiger partial charge in [0.2, 0.25) is 0 Å². The summed E-state index contributed by atoms with van der Waals surface area (Å²) in [5.41, 5.74) is 0.798. The van der Waals surface area contributed by atoms with E-state index in [0.29, 0.717) is 16.9 Å². The van der Waals surface area contributed by atoms with Crippen LogP contribution in [0.4, 0.5) is 0 Å². The molecule has 0 aromatic heterocycles. The Balaban J connectivity index is 4.43. The monoisotopic (exact) mass is 199 g/mol. The largest absolute Gasteiger partial charge is 0.317 e. The molecule has 1 N–H and O–H groups in total. The van der Waals surface area contributed by atoms with Gasteiger partial charge in [-0.05, 0) is 37.1 Å². The minimum absolute atomic E-state index is 0.363. The second kappa shape index (κ2) is 4.65. The van der Waals surface area contributed by atoms with E-state index in [1.165, 1.54) is 6.42 Å². The van der Waals surface area contributed by atoms with Crippen LogP contribution in [-0.4, -0.2) is 13.1 Å². The molecule has 0 saturated carbocycles. The van der Waals surface area contributed by atoms with Crippen LogP contribution < -0.4 is 5.32 Å². The Labute approximate surface area is 90.7 Å². The van der Waals surface area contributed by atoms with Gasteiger partial charge >= 0.3 is 0 Å². The molecule has 14 heavy (non-hydrogen) atoms. The first kappa shape index (κ1) is 14.0. The smallest absolute Gasteiger partial charge is 0.00894 e. The third-order valence-electron chi connectivity index (χ3n) is 3.74. The van der Waals surface area contributed by atoms with Crippen LogP contribution in [0.25, 0.3) is 0 Å². The first-order chi connectivity index (χ1) is 6.11. The highest BCUT2D eigenvalue weighted by Gasteiger charge is 2.33. The Hall–Kier alpha value is -0.0400. The van der Waals surface area contributed by atoms with Crippen LogP contribution in [0.3, 0.4) is 0 Å². The number of rotatable bonds is 4. The summed E-state index contributed by atoms with van der Waals surface area (Å²) in [5, 5.41) is 3.37. The van der Waals surface area contributed by atoms with E-state index in [1.807, 2.05) is 0 Å². The van der Waals surface area contributed by atoms with Crippen LogP contribution >= 0.6 is 0 Å². The number of hydrogen-bond acceptors (Lipinski definition) is 1. The fraction of sp³-hybridized carbons (Fsp3) is 1.00. The van der Waals surface area contributed by atoms with Crippen LogP contribution in [0, 0.1) is 16.7 Å². The summed E-state index contributed by atoms with van der Waals surface area (Å²) in [7, 11) is 2.05. The van der Waals surface area contributed by atoms with Gasteiger partial charge < -0.3 is 5.32 Å². The molecule has 0 aromatic rings. The van der Waals surface area contributed by atoms with Gasteiger partial charge in [-0.3, -0.25) is 0 Å². The van der Waals surface area contributed by atoms with Crippen LogP contribution in [0.1, 0.15) is 54.9 Å². The standard InChI is InChI=1S/C13H29N/c1-10(9-12(3,4)5)13(6,7)11(2)14-8/h10-11,14H,9H2,1-8H3. The molecule has 86 valence electrons. The molecular weight excluding hydrogens is 170 g/mol. The topological polar surface area (TPSA) is 12.0 Å². The normalized spacial score (nSPS) is 18.0. The van der Waals surface area contributed by atoms with Crippen molar-refractivity contribution in [3.63, 3.8) is 0 Å². The molecule has 0 rings (SSSR count). The molecule has 0 spiro atoms. The van der Waals surface area contributed by atoms with Gasteiger partial charge in [0.15, 0.2) is 0 Å². The van der Waals surface area contributed by atoms with Crippen molar-refractivity contribution in [1.82, 2.24) is 5.32 Å². The fourth-order valence-corrected chi connectivity index (χ4v) is 1.98. The fourth-order valence-electron chi connectivity index (χ4n) is 1.98. The maximum atomic E-state index is 3.37. The highest BCUT2D eigenvalue weighted by Crippen LogP contribution is 2.38. The second-order valence-corrected chi connectivity index (χ2v) is 6.50. The summed E-state index contributed by atoms with van der Waals surface area (Å²) in [5.74, 6) is 0.741. The Morgan fingerprint density at radius 3 is 1.71 bits per heavy atom. The lowest BCUT2D eigenvalue weighted by Gasteiger charge is -2.40. The Kier molecular flexibility index (Phi) is 4.64.